The topological polar surface area (TPSA) is 46.2 Å². The molecule has 0 atom stereocenters. The van der Waals surface area contributed by atoms with Crippen LogP contribution in [0.15, 0.2) is 51.8 Å². The van der Waals surface area contributed by atoms with Gasteiger partial charge in [-0.3, -0.25) is 4.72 Å². The van der Waals surface area contributed by atoms with Crippen LogP contribution < -0.4 is 4.72 Å². The molecule has 0 amide bonds. The number of hydrogen-bond donors (Lipinski definition) is 1. The molecule has 0 radical (unpaired) electrons. The molecule has 0 fully saturated rings. The molecule has 106 valence electrons. The molecule has 2 aromatic carbocycles. The highest BCUT2D eigenvalue weighted by molar-refractivity contribution is 9.10. The average molecular weight is 395 g/mol. The number of nitrogens with one attached hydrogen (secondary N) is 1. The maximum atomic E-state index is 12.3. The van der Waals surface area contributed by atoms with E-state index < -0.39 is 10.0 Å². The zero-order valence-corrected chi connectivity index (χ0v) is 14.0. The zero-order valence-electron chi connectivity index (χ0n) is 10.1. The van der Waals surface area contributed by atoms with Crippen molar-refractivity contribution in [3.8, 4) is 0 Å². The Morgan fingerprint density at radius 3 is 2.30 bits per heavy atom. The molecular weight excluding hydrogens is 385 g/mol. The lowest BCUT2D eigenvalue weighted by Crippen LogP contribution is -2.13. The zero-order chi connectivity index (χ0) is 14.8. The van der Waals surface area contributed by atoms with E-state index in [0.29, 0.717) is 16.0 Å². The van der Waals surface area contributed by atoms with Crippen LogP contribution in [0.4, 0.5) is 5.69 Å². The lowest BCUT2D eigenvalue weighted by molar-refractivity contribution is 0.601. The number of benzene rings is 2. The summed E-state index contributed by atoms with van der Waals surface area (Å²) in [6, 6.07) is 11.4. The Kier molecular flexibility index (Phi) is 4.96. The highest BCUT2D eigenvalue weighted by Crippen LogP contribution is 2.27. The van der Waals surface area contributed by atoms with Gasteiger partial charge in [-0.25, -0.2) is 8.42 Å². The molecule has 0 saturated carbocycles. The van der Waals surface area contributed by atoms with Crippen molar-refractivity contribution in [3.63, 3.8) is 0 Å². The fourth-order valence-electron chi connectivity index (χ4n) is 1.57. The van der Waals surface area contributed by atoms with Crippen molar-refractivity contribution < 1.29 is 8.42 Å². The van der Waals surface area contributed by atoms with Gasteiger partial charge < -0.3 is 0 Å². The summed E-state index contributed by atoms with van der Waals surface area (Å²) >= 11 is 14.9. The van der Waals surface area contributed by atoms with Crippen LogP contribution in [-0.2, 0) is 15.9 Å². The van der Waals surface area contributed by atoms with Gasteiger partial charge in [-0.05, 0) is 35.9 Å². The third kappa shape index (κ3) is 3.67. The van der Waals surface area contributed by atoms with Gasteiger partial charge in [0.15, 0.2) is 0 Å². The summed E-state index contributed by atoms with van der Waals surface area (Å²) < 4.78 is 27.7. The third-order valence-electron chi connectivity index (χ3n) is 2.54. The number of hydrogen-bond acceptors (Lipinski definition) is 2. The summed E-state index contributed by atoms with van der Waals surface area (Å²) in [6.07, 6.45) is 0. The maximum absolute atomic E-state index is 12.3. The molecule has 20 heavy (non-hydrogen) atoms. The first-order valence-corrected chi connectivity index (χ1v) is 8.74. The molecule has 0 unspecified atom stereocenters. The molecule has 0 bridgehead atoms. The van der Waals surface area contributed by atoms with Crippen molar-refractivity contribution in [1.82, 2.24) is 0 Å². The highest BCUT2D eigenvalue weighted by atomic mass is 79.9. The molecule has 0 spiro atoms. The molecule has 0 saturated heterocycles. The molecule has 0 aliphatic rings. The average Bonchev–Trinajstić information content (AvgIpc) is 2.38. The van der Waals surface area contributed by atoms with Crippen LogP contribution >= 0.6 is 39.1 Å². The maximum Gasteiger partial charge on any atom is 0.263 e. The molecular formula is C13H10BrCl2NO2S. The lowest BCUT2D eigenvalue weighted by Gasteiger charge is -2.10. The summed E-state index contributed by atoms with van der Waals surface area (Å²) in [5.74, 6) is 0.381. The van der Waals surface area contributed by atoms with E-state index in [1.165, 1.54) is 12.1 Å². The first-order valence-electron chi connectivity index (χ1n) is 5.55. The molecule has 0 aromatic heterocycles. The van der Waals surface area contributed by atoms with Gasteiger partial charge in [-0.15, -0.1) is 11.6 Å². The van der Waals surface area contributed by atoms with Crippen molar-refractivity contribution in [2.24, 2.45) is 0 Å². The fraction of sp³-hybridized carbons (Fsp3) is 0.0769. The second-order valence-electron chi connectivity index (χ2n) is 4.01. The van der Waals surface area contributed by atoms with E-state index in [4.69, 9.17) is 23.2 Å². The molecule has 2 aromatic rings. The van der Waals surface area contributed by atoms with Crippen LogP contribution in [-0.4, -0.2) is 8.42 Å². The van der Waals surface area contributed by atoms with Gasteiger partial charge in [-0.2, -0.15) is 0 Å². The van der Waals surface area contributed by atoms with E-state index >= 15 is 0 Å². The van der Waals surface area contributed by atoms with E-state index in [-0.39, 0.29) is 9.92 Å². The smallest absolute Gasteiger partial charge is 0.263 e. The predicted octanol–water partition coefficient (Wildman–Crippen LogP) is 4.64. The normalized spacial score (nSPS) is 11.3. The van der Waals surface area contributed by atoms with Gasteiger partial charge in [0.05, 0.1) is 5.02 Å². The van der Waals surface area contributed by atoms with Crippen molar-refractivity contribution in [2.75, 3.05) is 4.72 Å². The molecule has 7 heteroatoms. The van der Waals surface area contributed by atoms with Gasteiger partial charge in [0.1, 0.15) is 4.90 Å². The molecule has 0 heterocycles. The second kappa shape index (κ2) is 6.35. The van der Waals surface area contributed by atoms with Crippen LogP contribution in [0.3, 0.4) is 0 Å². The van der Waals surface area contributed by atoms with Gasteiger partial charge in [0, 0.05) is 16.0 Å². The Hall–Kier alpha value is -0.750. The lowest BCUT2D eigenvalue weighted by atomic mass is 10.2. The Balaban J connectivity index is 2.30. The molecule has 0 aliphatic carbocycles. The van der Waals surface area contributed by atoms with Crippen LogP contribution in [0.25, 0.3) is 0 Å². The predicted molar refractivity (Wildman–Crippen MR) is 86.0 cm³/mol. The Morgan fingerprint density at radius 1 is 1.10 bits per heavy atom. The fourth-order valence-corrected chi connectivity index (χ4v) is 3.84. The van der Waals surface area contributed by atoms with E-state index in [1.54, 1.807) is 30.3 Å². The Morgan fingerprint density at radius 2 is 1.75 bits per heavy atom. The van der Waals surface area contributed by atoms with E-state index in [2.05, 4.69) is 20.7 Å². The van der Waals surface area contributed by atoms with Crippen molar-refractivity contribution in [2.45, 2.75) is 10.8 Å². The first-order chi connectivity index (χ1) is 9.42. The van der Waals surface area contributed by atoms with Crippen LogP contribution in [0.1, 0.15) is 5.56 Å². The van der Waals surface area contributed by atoms with E-state index in [9.17, 15) is 8.42 Å². The first kappa shape index (κ1) is 15.6. The van der Waals surface area contributed by atoms with Crippen LogP contribution in [0.2, 0.25) is 5.02 Å². The largest absolute Gasteiger partial charge is 0.280 e. The molecule has 1 N–H and O–H groups in total. The standard InChI is InChI=1S/C13H10BrCl2NO2S/c14-10-3-6-13(12(16)7-10)20(18,19)17-11-4-1-9(8-15)2-5-11/h1-7,17H,8H2. The minimum atomic E-state index is -3.72. The number of alkyl halides is 1. The number of anilines is 1. The number of halogens is 3. The van der Waals surface area contributed by atoms with Crippen LogP contribution in [0, 0.1) is 0 Å². The minimum Gasteiger partial charge on any atom is -0.280 e. The molecule has 0 aliphatic heterocycles. The van der Waals surface area contributed by atoms with E-state index in [1.807, 2.05) is 0 Å². The molecule has 3 nitrogen and oxygen atoms in total. The number of sulfonamides is 1. The van der Waals surface area contributed by atoms with Crippen molar-refractivity contribution >= 4 is 54.8 Å². The van der Waals surface area contributed by atoms with Crippen molar-refractivity contribution in [1.29, 1.82) is 0 Å². The summed E-state index contributed by atoms with van der Waals surface area (Å²) in [6.45, 7) is 0. The molecule has 2 rings (SSSR count). The van der Waals surface area contributed by atoms with Gasteiger partial charge in [0.2, 0.25) is 0 Å². The second-order valence-corrected chi connectivity index (χ2v) is 7.25. The monoisotopic (exact) mass is 393 g/mol. The highest BCUT2D eigenvalue weighted by Gasteiger charge is 2.18. The van der Waals surface area contributed by atoms with Gasteiger partial charge in [-0.1, -0.05) is 39.7 Å². The van der Waals surface area contributed by atoms with E-state index in [0.717, 1.165) is 5.56 Å². The summed E-state index contributed by atoms with van der Waals surface area (Å²) in [4.78, 5) is 0.0313. The number of rotatable bonds is 4. The van der Waals surface area contributed by atoms with Crippen LogP contribution in [0.5, 0.6) is 0 Å². The Labute approximate surface area is 136 Å². The summed E-state index contributed by atoms with van der Waals surface area (Å²) in [7, 11) is -3.72. The summed E-state index contributed by atoms with van der Waals surface area (Å²) in [5.41, 5.74) is 1.37. The van der Waals surface area contributed by atoms with Gasteiger partial charge >= 0.3 is 0 Å². The van der Waals surface area contributed by atoms with Crippen molar-refractivity contribution in [3.05, 3.63) is 57.5 Å². The summed E-state index contributed by atoms with van der Waals surface area (Å²) in [5, 5.41) is 0.157. The Bertz CT molecular complexity index is 718. The quantitative estimate of drug-likeness (QED) is 0.767. The minimum absolute atomic E-state index is 0.0313. The third-order valence-corrected chi connectivity index (χ3v) is 5.21. The van der Waals surface area contributed by atoms with Gasteiger partial charge in [0.25, 0.3) is 10.0 Å². The SMILES string of the molecule is O=S(=O)(Nc1ccc(CCl)cc1)c1ccc(Br)cc1Cl.